The number of hydrogen-bond acceptors (Lipinski definition) is 3. The standard InChI is InChI=1S/C11H24N2O/c1-2-3-9-14-10-8-13-11-4-6-12-7-5-11/h11-13H,2-10H2,1H3. The van der Waals surface area contributed by atoms with Gasteiger partial charge < -0.3 is 15.4 Å². The molecule has 1 fully saturated rings. The zero-order chi connectivity index (χ0) is 10.1. The third kappa shape index (κ3) is 5.58. The summed E-state index contributed by atoms with van der Waals surface area (Å²) in [6.45, 7) is 7.31. The maximum absolute atomic E-state index is 5.49. The van der Waals surface area contributed by atoms with Gasteiger partial charge in [-0.3, -0.25) is 0 Å². The van der Waals surface area contributed by atoms with Crippen LogP contribution in [0.3, 0.4) is 0 Å². The Labute approximate surface area is 87.6 Å². The van der Waals surface area contributed by atoms with Gasteiger partial charge in [-0.25, -0.2) is 0 Å². The van der Waals surface area contributed by atoms with E-state index < -0.39 is 0 Å². The Morgan fingerprint density at radius 1 is 1.29 bits per heavy atom. The molecule has 1 aliphatic rings. The predicted octanol–water partition coefficient (Wildman–Crippen LogP) is 1.14. The number of nitrogens with one attached hydrogen (secondary N) is 2. The highest BCUT2D eigenvalue weighted by Gasteiger charge is 2.10. The largest absolute Gasteiger partial charge is 0.380 e. The Morgan fingerprint density at radius 2 is 2.07 bits per heavy atom. The quantitative estimate of drug-likeness (QED) is 0.605. The number of hydrogen-bond donors (Lipinski definition) is 2. The Kier molecular flexibility index (Phi) is 7.01. The lowest BCUT2D eigenvalue weighted by molar-refractivity contribution is 0.129. The van der Waals surface area contributed by atoms with Crippen molar-refractivity contribution in [3.05, 3.63) is 0 Å². The fourth-order valence-corrected chi connectivity index (χ4v) is 1.71. The van der Waals surface area contributed by atoms with Crippen LogP contribution in [0.25, 0.3) is 0 Å². The van der Waals surface area contributed by atoms with Crippen molar-refractivity contribution in [2.45, 2.75) is 38.6 Å². The van der Waals surface area contributed by atoms with E-state index in [0.29, 0.717) is 6.04 Å². The van der Waals surface area contributed by atoms with Crippen molar-refractivity contribution in [3.8, 4) is 0 Å². The molecule has 1 saturated heterocycles. The van der Waals surface area contributed by atoms with Gasteiger partial charge in [-0.05, 0) is 32.4 Å². The minimum absolute atomic E-state index is 0.714. The van der Waals surface area contributed by atoms with Gasteiger partial charge in [0.2, 0.25) is 0 Å². The number of unbranched alkanes of at least 4 members (excludes halogenated alkanes) is 1. The van der Waals surface area contributed by atoms with Crippen molar-refractivity contribution in [1.82, 2.24) is 10.6 Å². The summed E-state index contributed by atoms with van der Waals surface area (Å²) in [4.78, 5) is 0. The molecule has 3 nitrogen and oxygen atoms in total. The molecule has 0 saturated carbocycles. The molecule has 2 N–H and O–H groups in total. The van der Waals surface area contributed by atoms with E-state index in [2.05, 4.69) is 17.6 Å². The van der Waals surface area contributed by atoms with Gasteiger partial charge in [-0.1, -0.05) is 13.3 Å². The first kappa shape index (κ1) is 12.0. The van der Waals surface area contributed by atoms with Crippen molar-refractivity contribution >= 4 is 0 Å². The van der Waals surface area contributed by atoms with E-state index in [1.54, 1.807) is 0 Å². The molecule has 1 heterocycles. The van der Waals surface area contributed by atoms with Crippen LogP contribution in [0.4, 0.5) is 0 Å². The van der Waals surface area contributed by atoms with Crippen LogP contribution in [0.15, 0.2) is 0 Å². The molecular weight excluding hydrogens is 176 g/mol. The van der Waals surface area contributed by atoms with E-state index in [0.717, 1.165) is 32.8 Å². The molecule has 1 aliphatic heterocycles. The normalized spacial score (nSPS) is 18.6. The van der Waals surface area contributed by atoms with Crippen LogP contribution < -0.4 is 10.6 Å². The molecule has 0 aliphatic carbocycles. The van der Waals surface area contributed by atoms with E-state index >= 15 is 0 Å². The first-order valence-corrected chi connectivity index (χ1v) is 5.95. The van der Waals surface area contributed by atoms with Gasteiger partial charge in [-0.15, -0.1) is 0 Å². The summed E-state index contributed by atoms with van der Waals surface area (Å²) < 4.78 is 5.49. The van der Waals surface area contributed by atoms with Crippen molar-refractivity contribution < 1.29 is 4.74 Å². The first-order valence-electron chi connectivity index (χ1n) is 5.95. The molecule has 0 atom stereocenters. The molecule has 3 heteroatoms. The molecule has 0 bridgehead atoms. The van der Waals surface area contributed by atoms with Crippen LogP contribution in [-0.4, -0.2) is 38.9 Å². The van der Waals surface area contributed by atoms with Crippen molar-refractivity contribution in [2.75, 3.05) is 32.8 Å². The van der Waals surface area contributed by atoms with Gasteiger partial charge >= 0.3 is 0 Å². The van der Waals surface area contributed by atoms with E-state index in [1.807, 2.05) is 0 Å². The molecule has 0 unspecified atom stereocenters. The van der Waals surface area contributed by atoms with Gasteiger partial charge in [0.25, 0.3) is 0 Å². The van der Waals surface area contributed by atoms with Crippen LogP contribution >= 0.6 is 0 Å². The number of piperidine rings is 1. The number of ether oxygens (including phenoxy) is 1. The maximum Gasteiger partial charge on any atom is 0.0591 e. The lowest BCUT2D eigenvalue weighted by Crippen LogP contribution is -2.41. The maximum atomic E-state index is 5.49. The average molecular weight is 200 g/mol. The van der Waals surface area contributed by atoms with E-state index in [-0.39, 0.29) is 0 Å². The monoisotopic (exact) mass is 200 g/mol. The van der Waals surface area contributed by atoms with Gasteiger partial charge in [0.1, 0.15) is 0 Å². The Bertz CT molecular complexity index is 124. The van der Waals surface area contributed by atoms with Crippen LogP contribution in [0.2, 0.25) is 0 Å². The van der Waals surface area contributed by atoms with Gasteiger partial charge in [0.05, 0.1) is 6.61 Å². The van der Waals surface area contributed by atoms with Crippen LogP contribution in [-0.2, 0) is 4.74 Å². The van der Waals surface area contributed by atoms with Gasteiger partial charge in [-0.2, -0.15) is 0 Å². The third-order valence-electron chi connectivity index (χ3n) is 2.66. The Hall–Kier alpha value is -0.120. The summed E-state index contributed by atoms with van der Waals surface area (Å²) in [5.74, 6) is 0. The minimum Gasteiger partial charge on any atom is -0.380 e. The molecule has 14 heavy (non-hydrogen) atoms. The Balaban J connectivity index is 1.82. The topological polar surface area (TPSA) is 33.3 Å². The Morgan fingerprint density at radius 3 is 2.79 bits per heavy atom. The molecule has 84 valence electrons. The highest BCUT2D eigenvalue weighted by Crippen LogP contribution is 2.00. The number of rotatable bonds is 7. The van der Waals surface area contributed by atoms with Crippen LogP contribution in [0.5, 0.6) is 0 Å². The fourth-order valence-electron chi connectivity index (χ4n) is 1.71. The zero-order valence-electron chi connectivity index (χ0n) is 9.35. The van der Waals surface area contributed by atoms with E-state index in [4.69, 9.17) is 4.74 Å². The molecule has 0 amide bonds. The minimum atomic E-state index is 0.714. The second-order valence-electron chi connectivity index (χ2n) is 3.94. The fraction of sp³-hybridized carbons (Fsp3) is 1.00. The predicted molar refractivity (Wildman–Crippen MR) is 59.6 cm³/mol. The summed E-state index contributed by atoms with van der Waals surface area (Å²) in [7, 11) is 0. The second kappa shape index (κ2) is 8.21. The van der Waals surface area contributed by atoms with Crippen molar-refractivity contribution in [2.24, 2.45) is 0 Å². The summed E-state index contributed by atoms with van der Waals surface area (Å²) in [5, 5.41) is 6.90. The molecular formula is C11H24N2O. The van der Waals surface area contributed by atoms with E-state index in [9.17, 15) is 0 Å². The highest BCUT2D eigenvalue weighted by molar-refractivity contribution is 4.73. The summed E-state index contributed by atoms with van der Waals surface area (Å²) in [6, 6.07) is 0.714. The molecule has 0 aromatic carbocycles. The molecule has 1 rings (SSSR count). The van der Waals surface area contributed by atoms with E-state index in [1.165, 1.54) is 25.7 Å². The SMILES string of the molecule is CCCCOCCNC1CCNCC1. The van der Waals surface area contributed by atoms with Gasteiger partial charge in [0.15, 0.2) is 0 Å². The van der Waals surface area contributed by atoms with Crippen molar-refractivity contribution in [1.29, 1.82) is 0 Å². The zero-order valence-corrected chi connectivity index (χ0v) is 9.35. The summed E-state index contributed by atoms with van der Waals surface area (Å²) in [6.07, 6.45) is 4.93. The average Bonchev–Trinajstić information content (AvgIpc) is 2.25. The summed E-state index contributed by atoms with van der Waals surface area (Å²) in [5.41, 5.74) is 0. The lowest BCUT2D eigenvalue weighted by atomic mass is 10.1. The summed E-state index contributed by atoms with van der Waals surface area (Å²) >= 11 is 0. The second-order valence-corrected chi connectivity index (χ2v) is 3.94. The molecule has 0 spiro atoms. The van der Waals surface area contributed by atoms with Crippen LogP contribution in [0, 0.1) is 0 Å². The molecule has 0 radical (unpaired) electrons. The van der Waals surface area contributed by atoms with Crippen molar-refractivity contribution in [3.63, 3.8) is 0 Å². The molecule has 0 aromatic heterocycles. The smallest absolute Gasteiger partial charge is 0.0591 e. The highest BCUT2D eigenvalue weighted by atomic mass is 16.5. The molecule has 0 aromatic rings. The first-order chi connectivity index (χ1) is 6.93. The van der Waals surface area contributed by atoms with Gasteiger partial charge in [0, 0.05) is 19.2 Å². The third-order valence-corrected chi connectivity index (χ3v) is 2.66. The van der Waals surface area contributed by atoms with Crippen LogP contribution in [0.1, 0.15) is 32.6 Å². The lowest BCUT2D eigenvalue weighted by Gasteiger charge is -2.23.